The van der Waals surface area contributed by atoms with Crippen molar-refractivity contribution < 1.29 is 9.53 Å². The molecule has 0 atom stereocenters. The largest absolute Gasteiger partial charge is 0.497 e. The van der Waals surface area contributed by atoms with Gasteiger partial charge in [-0.25, -0.2) is 0 Å². The van der Waals surface area contributed by atoms with Gasteiger partial charge in [0.05, 0.1) is 7.11 Å². The molecule has 0 bridgehead atoms. The molecule has 1 rings (SSSR count). The predicted octanol–water partition coefficient (Wildman–Crippen LogP) is 3.80. The number of hydrogen-bond donors (Lipinski definition) is 0. The Balaban J connectivity index is 2.46. The molecule has 0 amide bonds. The minimum Gasteiger partial charge on any atom is -0.497 e. The second-order valence-electron chi connectivity index (χ2n) is 3.70. The van der Waals surface area contributed by atoms with Crippen LogP contribution in [0.15, 0.2) is 54.6 Å². The van der Waals surface area contributed by atoms with Crippen molar-refractivity contribution in [2.75, 3.05) is 7.11 Å². The van der Waals surface area contributed by atoms with Gasteiger partial charge in [-0.15, -0.1) is 0 Å². The quantitative estimate of drug-likeness (QED) is 0.560. The molecule has 94 valence electrons. The maximum atomic E-state index is 11.0. The first-order valence-electron chi connectivity index (χ1n) is 5.94. The summed E-state index contributed by atoms with van der Waals surface area (Å²) >= 11 is 0. The summed E-state index contributed by atoms with van der Waals surface area (Å²) in [5.74, 6) is 0.988. The molecule has 0 N–H and O–H groups in total. The zero-order valence-electron chi connectivity index (χ0n) is 10.8. The van der Waals surface area contributed by atoms with Crippen molar-refractivity contribution >= 4 is 11.9 Å². The van der Waals surface area contributed by atoms with E-state index in [-0.39, 0.29) is 5.78 Å². The number of carbonyl (C=O) groups excluding carboxylic acids is 1. The smallest absolute Gasteiger partial charge is 0.155 e. The number of rotatable bonds is 6. The molecule has 0 heterocycles. The van der Waals surface area contributed by atoms with Crippen LogP contribution in [0, 0.1) is 0 Å². The molecule has 2 nitrogen and oxygen atoms in total. The van der Waals surface area contributed by atoms with Crippen LogP contribution in [0.4, 0.5) is 0 Å². The van der Waals surface area contributed by atoms with Gasteiger partial charge in [0, 0.05) is 6.42 Å². The number of benzene rings is 1. The highest BCUT2D eigenvalue weighted by Gasteiger charge is 1.88. The van der Waals surface area contributed by atoms with E-state index >= 15 is 0 Å². The monoisotopic (exact) mass is 242 g/mol. The topological polar surface area (TPSA) is 26.3 Å². The maximum absolute atomic E-state index is 11.0. The van der Waals surface area contributed by atoms with Crippen molar-refractivity contribution in [3.8, 4) is 5.75 Å². The normalized spacial score (nSPS) is 11.7. The minimum atomic E-state index is 0.138. The van der Waals surface area contributed by atoms with E-state index < -0.39 is 0 Å². The summed E-state index contributed by atoms with van der Waals surface area (Å²) in [6, 6.07) is 7.81. The van der Waals surface area contributed by atoms with Crippen molar-refractivity contribution in [2.45, 2.75) is 13.3 Å². The first-order chi connectivity index (χ1) is 8.76. The third-order valence-corrected chi connectivity index (χ3v) is 2.37. The molecule has 0 fully saturated rings. The summed E-state index contributed by atoms with van der Waals surface area (Å²) in [4.78, 5) is 11.0. The summed E-state index contributed by atoms with van der Waals surface area (Å²) in [7, 11) is 1.65. The van der Waals surface area contributed by atoms with Crippen LogP contribution in [0.5, 0.6) is 5.75 Å². The lowest BCUT2D eigenvalue weighted by Crippen LogP contribution is -1.85. The molecule has 0 radical (unpaired) electrons. The van der Waals surface area contributed by atoms with E-state index in [9.17, 15) is 4.79 Å². The Morgan fingerprint density at radius 1 is 1.11 bits per heavy atom. The van der Waals surface area contributed by atoms with Crippen molar-refractivity contribution in [1.29, 1.82) is 0 Å². The van der Waals surface area contributed by atoms with Crippen LogP contribution in [0.1, 0.15) is 18.9 Å². The molecule has 18 heavy (non-hydrogen) atoms. The lowest BCUT2D eigenvalue weighted by atomic mass is 10.2. The number of carbonyl (C=O) groups is 1. The van der Waals surface area contributed by atoms with Crippen LogP contribution in [0.25, 0.3) is 6.08 Å². The lowest BCUT2D eigenvalue weighted by molar-refractivity contribution is -0.114. The third kappa shape index (κ3) is 5.30. The van der Waals surface area contributed by atoms with Gasteiger partial charge in [-0.05, 0) is 23.8 Å². The van der Waals surface area contributed by atoms with E-state index in [2.05, 4.69) is 0 Å². The van der Waals surface area contributed by atoms with Crippen LogP contribution < -0.4 is 4.74 Å². The molecule has 0 saturated heterocycles. The average Bonchev–Trinajstić information content (AvgIpc) is 2.43. The lowest BCUT2D eigenvalue weighted by Gasteiger charge is -1.98. The molecule has 0 aliphatic carbocycles. The second kappa shape index (κ2) is 8.07. The first kappa shape index (κ1) is 14.0. The molecule has 1 aromatic carbocycles. The van der Waals surface area contributed by atoms with Gasteiger partial charge in [0.15, 0.2) is 5.78 Å². The summed E-state index contributed by atoms with van der Waals surface area (Å²) < 4.78 is 5.08. The Labute approximate surface area is 108 Å². The molecule has 0 aromatic heterocycles. The van der Waals surface area contributed by atoms with E-state index in [1.807, 2.05) is 55.5 Å². The number of ether oxygens (including phenoxy) is 1. The number of ketones is 1. The number of methoxy groups -OCH3 is 1. The molecule has 1 aromatic rings. The molecule has 0 spiro atoms. The molecule has 2 heteroatoms. The minimum absolute atomic E-state index is 0.138. The van der Waals surface area contributed by atoms with Gasteiger partial charge < -0.3 is 4.74 Å². The predicted molar refractivity (Wildman–Crippen MR) is 75.6 cm³/mol. The number of hydrogen-bond acceptors (Lipinski definition) is 2. The zero-order chi connectivity index (χ0) is 13.2. The van der Waals surface area contributed by atoms with Crippen LogP contribution >= 0.6 is 0 Å². The fraction of sp³-hybridized carbons (Fsp3) is 0.188. The maximum Gasteiger partial charge on any atom is 0.155 e. The van der Waals surface area contributed by atoms with Gasteiger partial charge in [0.1, 0.15) is 5.75 Å². The van der Waals surface area contributed by atoms with E-state index in [0.29, 0.717) is 6.42 Å². The van der Waals surface area contributed by atoms with E-state index in [1.165, 1.54) is 0 Å². The molecule has 0 unspecified atom stereocenters. The van der Waals surface area contributed by atoms with Crippen LogP contribution in [-0.4, -0.2) is 12.9 Å². The van der Waals surface area contributed by atoms with Gasteiger partial charge in [0.25, 0.3) is 0 Å². The van der Waals surface area contributed by atoms with E-state index in [1.54, 1.807) is 19.3 Å². The Kier molecular flexibility index (Phi) is 6.26. The van der Waals surface area contributed by atoms with E-state index in [0.717, 1.165) is 11.3 Å². The third-order valence-electron chi connectivity index (χ3n) is 2.37. The highest BCUT2D eigenvalue weighted by atomic mass is 16.5. The van der Waals surface area contributed by atoms with Crippen molar-refractivity contribution in [3.63, 3.8) is 0 Å². The molecular formula is C16H18O2. The van der Waals surface area contributed by atoms with Crippen molar-refractivity contribution in [1.82, 2.24) is 0 Å². The summed E-state index contributed by atoms with van der Waals surface area (Å²) in [5.41, 5.74) is 1.11. The van der Waals surface area contributed by atoms with Crippen molar-refractivity contribution in [3.05, 3.63) is 60.2 Å². The fourth-order valence-corrected chi connectivity index (χ4v) is 1.29. The molecule has 0 aliphatic heterocycles. The fourth-order valence-electron chi connectivity index (χ4n) is 1.29. The van der Waals surface area contributed by atoms with Gasteiger partial charge in [-0.1, -0.05) is 49.4 Å². The van der Waals surface area contributed by atoms with Crippen LogP contribution in [0.2, 0.25) is 0 Å². The number of allylic oxidation sites excluding steroid dienone is 5. The van der Waals surface area contributed by atoms with Crippen LogP contribution in [0.3, 0.4) is 0 Å². The average molecular weight is 242 g/mol. The standard InChI is InChI=1S/C16H18O2/c1-3-15(17)9-7-5-4-6-8-14-10-12-16(18-2)13-11-14/h4-13H,3H2,1-2H3/b5-4+,8-6+,9-7+. The van der Waals surface area contributed by atoms with Gasteiger partial charge in [-0.3, -0.25) is 4.79 Å². The van der Waals surface area contributed by atoms with Gasteiger partial charge >= 0.3 is 0 Å². The Morgan fingerprint density at radius 2 is 1.78 bits per heavy atom. The molecule has 0 saturated carbocycles. The molecule has 0 aliphatic rings. The Bertz CT molecular complexity index is 450. The van der Waals surface area contributed by atoms with Crippen molar-refractivity contribution in [2.24, 2.45) is 0 Å². The first-order valence-corrected chi connectivity index (χ1v) is 5.94. The molecular weight excluding hydrogens is 224 g/mol. The van der Waals surface area contributed by atoms with Crippen LogP contribution in [-0.2, 0) is 4.79 Å². The SMILES string of the molecule is CCC(=O)/C=C/C=C/C=C/c1ccc(OC)cc1. The van der Waals surface area contributed by atoms with Gasteiger partial charge in [-0.2, -0.15) is 0 Å². The zero-order valence-corrected chi connectivity index (χ0v) is 10.8. The second-order valence-corrected chi connectivity index (χ2v) is 3.70. The Morgan fingerprint density at radius 3 is 2.39 bits per heavy atom. The summed E-state index contributed by atoms with van der Waals surface area (Å²) in [6.07, 6.45) is 11.5. The highest BCUT2D eigenvalue weighted by Crippen LogP contribution is 2.12. The summed E-state index contributed by atoms with van der Waals surface area (Å²) in [6.45, 7) is 1.85. The highest BCUT2D eigenvalue weighted by molar-refractivity contribution is 5.89. The van der Waals surface area contributed by atoms with E-state index in [4.69, 9.17) is 4.74 Å². The Hall–Kier alpha value is -2.09. The van der Waals surface area contributed by atoms with Gasteiger partial charge in [0.2, 0.25) is 0 Å². The summed E-state index contributed by atoms with van der Waals surface area (Å²) in [5, 5.41) is 0.